The van der Waals surface area contributed by atoms with Crippen LogP contribution in [0.15, 0.2) is 4.99 Å². The van der Waals surface area contributed by atoms with Gasteiger partial charge in [0.1, 0.15) is 0 Å². The highest BCUT2D eigenvalue weighted by Gasteiger charge is 1.89. The summed E-state index contributed by atoms with van der Waals surface area (Å²) in [4.78, 5) is 3.90. The summed E-state index contributed by atoms with van der Waals surface area (Å²) in [5.41, 5.74) is 15.6. The molecule has 0 saturated heterocycles. The van der Waals surface area contributed by atoms with Crippen LogP contribution in [0.25, 0.3) is 0 Å². The molecule has 7 N–H and O–H groups in total. The average molecular weight is 187 g/mol. The van der Waals surface area contributed by atoms with Crippen molar-refractivity contribution < 1.29 is 0 Å². The minimum absolute atomic E-state index is 0.185. The van der Waals surface area contributed by atoms with E-state index in [4.69, 9.17) is 17.2 Å². The van der Waals surface area contributed by atoms with Gasteiger partial charge in [-0.1, -0.05) is 12.8 Å². The van der Waals surface area contributed by atoms with Gasteiger partial charge in [0.15, 0.2) is 5.96 Å². The summed E-state index contributed by atoms with van der Waals surface area (Å²) in [6.45, 7) is 2.31. The van der Waals surface area contributed by atoms with Gasteiger partial charge in [-0.15, -0.1) is 0 Å². The molecule has 78 valence electrons. The number of nitrogens with two attached hydrogens (primary N) is 3. The molecular weight excluding hydrogens is 166 g/mol. The monoisotopic (exact) mass is 187 g/mol. The Balaban J connectivity index is 2.96. The van der Waals surface area contributed by atoms with Gasteiger partial charge >= 0.3 is 0 Å². The van der Waals surface area contributed by atoms with Gasteiger partial charge in [0.25, 0.3) is 0 Å². The minimum atomic E-state index is 0.185. The Kier molecular flexibility index (Phi) is 8.70. The van der Waals surface area contributed by atoms with Crippen molar-refractivity contribution in [3.05, 3.63) is 0 Å². The van der Waals surface area contributed by atoms with E-state index in [2.05, 4.69) is 10.3 Å². The first-order valence-electron chi connectivity index (χ1n) is 4.73. The number of guanidine groups is 1. The Bertz CT molecular complexity index is 130. The normalized spacial score (nSPS) is 9.92. The smallest absolute Gasteiger partial charge is 0.185 e. The third kappa shape index (κ3) is 11.2. The van der Waals surface area contributed by atoms with E-state index in [9.17, 15) is 0 Å². The quantitative estimate of drug-likeness (QED) is 0.175. The molecule has 0 heterocycles. The Hall–Kier alpha value is -0.810. The van der Waals surface area contributed by atoms with Crippen LogP contribution in [0.4, 0.5) is 0 Å². The van der Waals surface area contributed by atoms with Gasteiger partial charge in [-0.2, -0.15) is 0 Å². The first-order chi connectivity index (χ1) is 6.27. The van der Waals surface area contributed by atoms with Crippen molar-refractivity contribution >= 4 is 5.96 Å². The van der Waals surface area contributed by atoms with Gasteiger partial charge in [0.05, 0.1) is 0 Å². The number of nitrogens with one attached hydrogen (secondary N) is 1. The molecule has 0 saturated carbocycles. The zero-order valence-corrected chi connectivity index (χ0v) is 8.13. The molecule has 0 bridgehead atoms. The van der Waals surface area contributed by atoms with Crippen LogP contribution >= 0.6 is 0 Å². The topological polar surface area (TPSA) is 102 Å². The first-order valence-corrected chi connectivity index (χ1v) is 4.73. The molecule has 0 amide bonds. The van der Waals surface area contributed by atoms with Crippen molar-refractivity contribution in [3.63, 3.8) is 0 Å². The van der Waals surface area contributed by atoms with Crippen molar-refractivity contribution in [2.45, 2.75) is 25.7 Å². The van der Waals surface area contributed by atoms with Crippen molar-refractivity contribution in [1.82, 2.24) is 5.32 Å². The molecule has 0 aliphatic rings. The van der Waals surface area contributed by atoms with Crippen molar-refractivity contribution in [2.75, 3.05) is 19.8 Å². The number of hydrogen-bond donors (Lipinski definition) is 4. The predicted molar refractivity (Wildman–Crippen MR) is 56.2 cm³/mol. The highest BCUT2D eigenvalue weighted by Crippen LogP contribution is 1.98. The summed E-state index contributed by atoms with van der Waals surface area (Å²) in [5.74, 6) is 0.185. The van der Waals surface area contributed by atoms with Gasteiger partial charge < -0.3 is 22.5 Å². The molecular formula is C8H21N5. The third-order valence-corrected chi connectivity index (χ3v) is 1.70. The zero-order valence-electron chi connectivity index (χ0n) is 8.13. The van der Waals surface area contributed by atoms with E-state index >= 15 is 0 Å². The highest BCUT2D eigenvalue weighted by atomic mass is 15.0. The summed E-state index contributed by atoms with van der Waals surface area (Å²) in [5, 5.41) is 3.07. The van der Waals surface area contributed by atoms with Gasteiger partial charge in [-0.05, 0) is 19.4 Å². The van der Waals surface area contributed by atoms with E-state index in [-0.39, 0.29) is 5.96 Å². The van der Waals surface area contributed by atoms with Gasteiger partial charge in [-0.25, -0.2) is 0 Å². The maximum absolute atomic E-state index is 5.27. The van der Waals surface area contributed by atoms with Gasteiger partial charge in [0.2, 0.25) is 0 Å². The van der Waals surface area contributed by atoms with E-state index in [0.29, 0.717) is 6.67 Å². The number of rotatable bonds is 8. The molecule has 0 aliphatic heterocycles. The molecule has 0 radical (unpaired) electrons. The third-order valence-electron chi connectivity index (χ3n) is 1.70. The Labute approximate surface area is 79.8 Å². The molecule has 5 nitrogen and oxygen atoms in total. The lowest BCUT2D eigenvalue weighted by Gasteiger charge is -2.00. The maximum Gasteiger partial charge on any atom is 0.185 e. The summed E-state index contributed by atoms with van der Waals surface area (Å²) >= 11 is 0. The summed E-state index contributed by atoms with van der Waals surface area (Å²) in [6.07, 6.45) is 4.59. The SMILES string of the molecule is NCNCCCCCCN=C(N)N. The second kappa shape index (κ2) is 9.28. The molecule has 0 aliphatic carbocycles. The molecule has 0 aromatic carbocycles. The van der Waals surface area contributed by atoms with E-state index in [1.807, 2.05) is 0 Å². The lowest BCUT2D eigenvalue weighted by atomic mass is 10.2. The molecule has 5 heteroatoms. The van der Waals surface area contributed by atoms with E-state index in [1.165, 1.54) is 19.3 Å². The fourth-order valence-corrected chi connectivity index (χ4v) is 1.03. The van der Waals surface area contributed by atoms with Gasteiger partial charge in [-0.3, -0.25) is 4.99 Å². The Morgan fingerprint density at radius 1 is 1.08 bits per heavy atom. The second-order valence-corrected chi connectivity index (χ2v) is 2.92. The van der Waals surface area contributed by atoms with Crippen LogP contribution in [0, 0.1) is 0 Å². The predicted octanol–water partition coefficient (Wildman–Crippen LogP) is -0.674. The van der Waals surface area contributed by atoms with Crippen molar-refractivity contribution in [1.29, 1.82) is 0 Å². The highest BCUT2D eigenvalue weighted by molar-refractivity contribution is 5.75. The minimum Gasteiger partial charge on any atom is -0.370 e. The van der Waals surface area contributed by atoms with Crippen LogP contribution in [0.3, 0.4) is 0 Å². The number of aliphatic imine (C=N–C) groups is 1. The lowest BCUT2D eigenvalue weighted by molar-refractivity contribution is 0.597. The molecule has 0 atom stereocenters. The van der Waals surface area contributed by atoms with E-state index in [0.717, 1.165) is 19.5 Å². The molecule has 0 unspecified atom stereocenters. The van der Waals surface area contributed by atoms with E-state index in [1.54, 1.807) is 0 Å². The molecule has 0 aromatic heterocycles. The summed E-state index contributed by atoms with van der Waals surface area (Å²) < 4.78 is 0. The Morgan fingerprint density at radius 2 is 1.77 bits per heavy atom. The summed E-state index contributed by atoms with van der Waals surface area (Å²) in [7, 11) is 0. The fourth-order valence-electron chi connectivity index (χ4n) is 1.03. The van der Waals surface area contributed by atoms with Crippen LogP contribution in [0.2, 0.25) is 0 Å². The molecule has 0 aromatic rings. The number of nitrogens with zero attached hydrogens (tertiary/aromatic N) is 1. The number of unbranched alkanes of at least 4 members (excludes halogenated alkanes) is 3. The Morgan fingerprint density at radius 3 is 2.38 bits per heavy atom. The molecule has 0 rings (SSSR count). The van der Waals surface area contributed by atoms with Crippen molar-refractivity contribution in [3.8, 4) is 0 Å². The van der Waals surface area contributed by atoms with Crippen molar-refractivity contribution in [2.24, 2.45) is 22.2 Å². The largest absolute Gasteiger partial charge is 0.370 e. The van der Waals surface area contributed by atoms with E-state index < -0.39 is 0 Å². The maximum atomic E-state index is 5.27. The first kappa shape index (κ1) is 12.2. The van der Waals surface area contributed by atoms with Gasteiger partial charge in [0, 0.05) is 13.2 Å². The molecule has 0 fully saturated rings. The van der Waals surface area contributed by atoms with Crippen LogP contribution < -0.4 is 22.5 Å². The fraction of sp³-hybridized carbons (Fsp3) is 0.875. The van der Waals surface area contributed by atoms with Crippen LogP contribution in [0.1, 0.15) is 25.7 Å². The second-order valence-electron chi connectivity index (χ2n) is 2.92. The molecule has 13 heavy (non-hydrogen) atoms. The lowest BCUT2D eigenvalue weighted by Crippen LogP contribution is -2.23. The summed E-state index contributed by atoms with van der Waals surface area (Å²) in [6, 6.07) is 0. The average Bonchev–Trinajstić information content (AvgIpc) is 2.09. The van der Waals surface area contributed by atoms with Crippen LogP contribution in [0.5, 0.6) is 0 Å². The van der Waals surface area contributed by atoms with Crippen LogP contribution in [-0.4, -0.2) is 25.7 Å². The van der Waals surface area contributed by atoms with Crippen LogP contribution in [-0.2, 0) is 0 Å². The standard InChI is InChI=1S/C8H21N5/c9-7-12-5-3-1-2-4-6-13-8(10)11/h12H,1-7,9H2,(H4,10,11,13). The molecule has 0 spiro atoms. The number of hydrogen-bond acceptors (Lipinski definition) is 3. The zero-order chi connectivity index (χ0) is 9.94.